The van der Waals surface area contributed by atoms with Crippen molar-refractivity contribution in [1.82, 2.24) is 30.1 Å². The molecule has 0 radical (unpaired) electrons. The molecule has 0 aliphatic carbocycles. The molecule has 1 aliphatic rings. The minimum Gasteiger partial charge on any atom is -0.480 e. The number of aliphatic carboxylic acids is 3. The van der Waals surface area contributed by atoms with Crippen molar-refractivity contribution >= 4 is 58.8 Å². The van der Waals surface area contributed by atoms with Gasteiger partial charge in [0.25, 0.3) is 0 Å². The number of hydrogen-bond acceptors (Lipinski definition) is 13. The molecule has 0 bridgehead atoms. The number of carbonyl (C=O) groups is 6. The summed E-state index contributed by atoms with van der Waals surface area (Å²) >= 11 is 1.28. The van der Waals surface area contributed by atoms with Gasteiger partial charge in [0.2, 0.25) is 17.7 Å². The predicted molar refractivity (Wildman–Crippen MR) is 232 cm³/mol. The maximum absolute atomic E-state index is 13.1. The summed E-state index contributed by atoms with van der Waals surface area (Å²) < 4.78 is 0. The molecule has 4 heterocycles. The summed E-state index contributed by atoms with van der Waals surface area (Å²) in [5.41, 5.74) is 6.12. The molecule has 0 spiro atoms. The Morgan fingerprint density at radius 1 is 0.746 bits per heavy atom. The molecular formula is C45H44N8O9S. The predicted octanol–water partition coefficient (Wildman–Crippen LogP) is 6.50. The second kappa shape index (κ2) is 22.1. The summed E-state index contributed by atoms with van der Waals surface area (Å²) in [4.78, 5) is 88.8. The average Bonchev–Trinajstić information content (AvgIpc) is 3.54. The standard InChI is InChI=1S/C45H44N8O9S/c54-40(48-22-6-3-10-38(45(61)62)52(27-42(56)57)28-43(58)59)11-7-23-53-41(55)26-39(44(53)60)63-33-18-16-32(17-19-33)51-50-31-14-12-29(13-15-31)30-24-36(34-8-1-4-20-46-34)49-37(25-30)35-9-2-5-21-47-35/h1-2,4-5,8-9,12-21,24-25,38-39H,3,6-7,10-11,22-23,26-28H2,(H,48,54)(H,56,57)(H,58,59)(H,61,62). The topological polar surface area (TPSA) is 245 Å². The van der Waals surface area contributed by atoms with Gasteiger partial charge in [0.15, 0.2) is 0 Å². The number of likely N-dealkylation sites (tertiary alicyclic amines) is 1. The van der Waals surface area contributed by atoms with E-state index in [4.69, 9.17) is 15.2 Å². The molecule has 6 rings (SSSR count). The van der Waals surface area contributed by atoms with Crippen LogP contribution in [0.25, 0.3) is 33.9 Å². The van der Waals surface area contributed by atoms with E-state index < -0.39 is 42.3 Å². The van der Waals surface area contributed by atoms with Crippen LogP contribution in [0.3, 0.4) is 0 Å². The van der Waals surface area contributed by atoms with Crippen LogP contribution in [-0.4, -0.2) is 113 Å². The molecule has 4 N–H and O–H groups in total. The molecule has 1 fully saturated rings. The van der Waals surface area contributed by atoms with Gasteiger partial charge in [-0.15, -0.1) is 11.8 Å². The van der Waals surface area contributed by atoms with Gasteiger partial charge in [0.05, 0.1) is 52.5 Å². The molecule has 2 atom stereocenters. The van der Waals surface area contributed by atoms with Gasteiger partial charge in [0.1, 0.15) is 6.04 Å². The highest BCUT2D eigenvalue weighted by Gasteiger charge is 2.38. The molecule has 3 aromatic heterocycles. The molecule has 2 unspecified atom stereocenters. The Kier molecular flexibility index (Phi) is 15.9. The quantitative estimate of drug-likeness (QED) is 0.0330. The second-order valence-electron chi connectivity index (χ2n) is 14.5. The zero-order valence-corrected chi connectivity index (χ0v) is 34.8. The van der Waals surface area contributed by atoms with E-state index in [1.807, 2.05) is 84.9 Å². The van der Waals surface area contributed by atoms with Crippen molar-refractivity contribution in [1.29, 1.82) is 0 Å². The maximum atomic E-state index is 13.1. The molecule has 0 saturated carbocycles. The van der Waals surface area contributed by atoms with Crippen LogP contribution in [0, 0.1) is 0 Å². The number of carboxylic acids is 3. The van der Waals surface area contributed by atoms with Crippen molar-refractivity contribution in [2.75, 3.05) is 26.2 Å². The number of carbonyl (C=O) groups excluding carboxylic acids is 3. The first-order valence-corrected chi connectivity index (χ1v) is 21.0. The van der Waals surface area contributed by atoms with Crippen molar-refractivity contribution in [3.8, 4) is 33.9 Å². The van der Waals surface area contributed by atoms with Crippen LogP contribution in [-0.2, 0) is 28.8 Å². The summed E-state index contributed by atoms with van der Waals surface area (Å²) in [6, 6.07) is 29.0. The van der Waals surface area contributed by atoms with E-state index in [2.05, 4.69) is 25.5 Å². The van der Waals surface area contributed by atoms with E-state index in [0.29, 0.717) is 24.2 Å². The molecule has 63 heavy (non-hydrogen) atoms. The van der Waals surface area contributed by atoms with Gasteiger partial charge < -0.3 is 20.6 Å². The molecule has 324 valence electrons. The summed E-state index contributed by atoms with van der Waals surface area (Å²) in [7, 11) is 0. The first-order chi connectivity index (χ1) is 30.4. The van der Waals surface area contributed by atoms with Gasteiger partial charge in [-0.2, -0.15) is 10.2 Å². The Bertz CT molecular complexity index is 2370. The van der Waals surface area contributed by atoms with Crippen LogP contribution >= 0.6 is 11.8 Å². The van der Waals surface area contributed by atoms with Gasteiger partial charge in [-0.25, -0.2) is 4.98 Å². The van der Waals surface area contributed by atoms with E-state index in [1.54, 1.807) is 24.5 Å². The lowest BCUT2D eigenvalue weighted by atomic mass is 10.0. The lowest BCUT2D eigenvalue weighted by Crippen LogP contribution is -2.46. The summed E-state index contributed by atoms with van der Waals surface area (Å²) in [6.07, 6.45) is 4.49. The summed E-state index contributed by atoms with van der Waals surface area (Å²) in [5.74, 6) is -4.96. The van der Waals surface area contributed by atoms with Gasteiger partial charge in [-0.3, -0.25) is 48.5 Å². The van der Waals surface area contributed by atoms with Crippen molar-refractivity contribution in [3.05, 3.63) is 109 Å². The van der Waals surface area contributed by atoms with Crippen molar-refractivity contribution in [3.63, 3.8) is 0 Å². The Hall–Kier alpha value is -7.18. The number of nitrogens with zero attached hydrogens (tertiary/aromatic N) is 7. The zero-order chi connectivity index (χ0) is 44.7. The summed E-state index contributed by atoms with van der Waals surface area (Å²) in [6.45, 7) is -1.16. The Balaban J connectivity index is 0.944. The number of carboxylic acid groups (broad SMARTS) is 3. The van der Waals surface area contributed by atoms with Crippen molar-refractivity contribution in [2.45, 2.75) is 54.7 Å². The first kappa shape index (κ1) is 45.3. The number of unbranched alkanes of at least 4 members (excludes halogenated alkanes) is 1. The molecule has 3 amide bonds. The van der Waals surface area contributed by atoms with Crippen LogP contribution in [0.1, 0.15) is 38.5 Å². The second-order valence-corrected chi connectivity index (χ2v) is 15.8. The van der Waals surface area contributed by atoms with E-state index in [0.717, 1.165) is 43.7 Å². The fourth-order valence-corrected chi connectivity index (χ4v) is 7.90. The average molecular weight is 873 g/mol. The van der Waals surface area contributed by atoms with Crippen molar-refractivity contribution < 1.29 is 44.1 Å². The first-order valence-electron chi connectivity index (χ1n) is 20.1. The van der Waals surface area contributed by atoms with Crippen LogP contribution in [0.5, 0.6) is 0 Å². The van der Waals surface area contributed by atoms with Crippen LogP contribution in [0.4, 0.5) is 11.4 Å². The smallest absolute Gasteiger partial charge is 0.320 e. The molecular weight excluding hydrogens is 829 g/mol. The minimum atomic E-state index is -1.34. The number of amides is 3. The number of nitrogens with one attached hydrogen (secondary N) is 1. The highest BCUT2D eigenvalue weighted by molar-refractivity contribution is 8.00. The fraction of sp³-hybridized carbons (Fsp3) is 0.267. The number of hydrogen-bond donors (Lipinski definition) is 4. The lowest BCUT2D eigenvalue weighted by molar-refractivity contribution is -0.149. The van der Waals surface area contributed by atoms with Gasteiger partial charge in [0, 0.05) is 43.2 Å². The van der Waals surface area contributed by atoms with E-state index in [-0.39, 0.29) is 56.5 Å². The SMILES string of the molecule is O=C(O)CN(CC(=O)O)C(CCCCNC(=O)CCCN1C(=O)CC(Sc2ccc(N=Nc3ccc(-c4cc(-c5ccccn5)nc(-c5ccccn5)c4)cc3)cc2)C1=O)C(=O)O. The Morgan fingerprint density at radius 3 is 1.87 bits per heavy atom. The van der Waals surface area contributed by atoms with Gasteiger partial charge in [-0.1, -0.05) is 24.3 Å². The highest BCUT2D eigenvalue weighted by Crippen LogP contribution is 2.34. The highest BCUT2D eigenvalue weighted by atomic mass is 32.2. The van der Waals surface area contributed by atoms with E-state index in [1.165, 1.54) is 16.7 Å². The number of aromatic nitrogens is 3. The number of azo groups is 1. The number of imide groups is 1. The van der Waals surface area contributed by atoms with Crippen LogP contribution < -0.4 is 5.32 Å². The Morgan fingerprint density at radius 2 is 1.33 bits per heavy atom. The molecule has 1 saturated heterocycles. The lowest BCUT2D eigenvalue weighted by Gasteiger charge is -2.25. The molecule has 17 nitrogen and oxygen atoms in total. The number of rotatable bonds is 22. The van der Waals surface area contributed by atoms with E-state index >= 15 is 0 Å². The third kappa shape index (κ3) is 13.2. The third-order valence-electron chi connectivity index (χ3n) is 9.89. The number of benzene rings is 2. The molecule has 18 heteroatoms. The minimum absolute atomic E-state index is 0.00525. The molecule has 2 aromatic carbocycles. The van der Waals surface area contributed by atoms with Crippen LogP contribution in [0.2, 0.25) is 0 Å². The number of pyridine rings is 3. The fourth-order valence-electron chi connectivity index (χ4n) is 6.82. The van der Waals surface area contributed by atoms with Gasteiger partial charge in [-0.05, 0) is 110 Å². The molecule has 5 aromatic rings. The third-order valence-corrected chi connectivity index (χ3v) is 11.1. The number of thioether (sulfide) groups is 1. The molecule has 1 aliphatic heterocycles. The van der Waals surface area contributed by atoms with Gasteiger partial charge >= 0.3 is 17.9 Å². The maximum Gasteiger partial charge on any atom is 0.320 e. The normalized spacial score (nSPS) is 14.3. The monoisotopic (exact) mass is 872 g/mol. The largest absolute Gasteiger partial charge is 0.480 e. The van der Waals surface area contributed by atoms with Crippen LogP contribution in [0.15, 0.2) is 125 Å². The summed E-state index contributed by atoms with van der Waals surface area (Å²) in [5, 5.41) is 38.5. The Labute approximate surface area is 366 Å². The zero-order valence-electron chi connectivity index (χ0n) is 33.9. The van der Waals surface area contributed by atoms with Crippen molar-refractivity contribution in [2.24, 2.45) is 10.2 Å². The van der Waals surface area contributed by atoms with E-state index in [9.17, 15) is 33.9 Å².